The monoisotopic (exact) mass is 413 g/mol. The number of rotatable bonds is 16. The number of nitrogens with one attached hydrogen (secondary N) is 1. The van der Waals surface area contributed by atoms with Gasteiger partial charge in [-0.3, -0.25) is 14.4 Å². The topological polar surface area (TPSA) is 136 Å². The van der Waals surface area contributed by atoms with Gasteiger partial charge in [-0.15, -0.1) is 0 Å². The summed E-state index contributed by atoms with van der Waals surface area (Å²) in [4.78, 5) is 38.1. The predicted molar refractivity (Wildman–Crippen MR) is 116 cm³/mol. The molecular weight excluding hydrogens is 370 g/mol. The highest BCUT2D eigenvalue weighted by Gasteiger charge is 2.32. The molecule has 6 N–H and O–H groups in total. The number of aliphatic hydroxyl groups is 1. The minimum atomic E-state index is -1.00. The summed E-state index contributed by atoms with van der Waals surface area (Å²) < 4.78 is 0. The molecule has 0 heterocycles. The molecule has 0 aromatic rings. The van der Waals surface area contributed by atoms with E-state index in [2.05, 4.69) is 19.2 Å². The molecule has 2 unspecified atom stereocenters. The fourth-order valence-electron chi connectivity index (χ4n) is 3.63. The Morgan fingerprint density at radius 3 is 1.93 bits per heavy atom. The maximum absolute atomic E-state index is 12.9. The summed E-state index contributed by atoms with van der Waals surface area (Å²) in [5, 5.41) is 12.9. The van der Waals surface area contributed by atoms with Gasteiger partial charge in [0.2, 0.25) is 5.91 Å². The first-order chi connectivity index (χ1) is 13.6. The van der Waals surface area contributed by atoms with Crippen LogP contribution in [0.25, 0.3) is 0 Å². The molecule has 0 fully saturated rings. The second kappa shape index (κ2) is 14.6. The third-order valence-electron chi connectivity index (χ3n) is 5.77. The summed E-state index contributed by atoms with van der Waals surface area (Å²) in [6, 6.07) is -0.701. The lowest BCUT2D eigenvalue weighted by atomic mass is 9.82. The molecule has 0 rings (SSSR count). The van der Waals surface area contributed by atoms with Crippen molar-refractivity contribution >= 4 is 17.5 Å². The standard InChI is InChI=1S/C22H43N3O4/c1-6-16(7-2)12-17(8-10-23)20(27)13-18(15(5)26)22(29)25-19(9-11-24)21(28)14(3)4/h14-19,26H,6-13,23-24H2,1-5H3,(H,25,29)/t15?,17?,18-,19-/m0/s1. The molecule has 0 aromatic heterocycles. The molecule has 7 nitrogen and oxygen atoms in total. The summed E-state index contributed by atoms with van der Waals surface area (Å²) in [6.45, 7) is 9.91. The van der Waals surface area contributed by atoms with Gasteiger partial charge < -0.3 is 21.9 Å². The van der Waals surface area contributed by atoms with Crippen molar-refractivity contribution in [2.24, 2.45) is 35.1 Å². The number of carbonyl (C=O) groups is 3. The number of hydrogen-bond acceptors (Lipinski definition) is 6. The highest BCUT2D eigenvalue weighted by molar-refractivity contribution is 5.93. The van der Waals surface area contributed by atoms with Gasteiger partial charge >= 0.3 is 0 Å². The molecule has 0 spiro atoms. The maximum atomic E-state index is 12.9. The van der Waals surface area contributed by atoms with Gasteiger partial charge in [-0.05, 0) is 45.2 Å². The molecule has 1 amide bonds. The molecule has 0 saturated heterocycles. The van der Waals surface area contributed by atoms with Crippen LogP contribution < -0.4 is 16.8 Å². The van der Waals surface area contributed by atoms with Crippen LogP contribution in [-0.4, -0.2) is 47.8 Å². The van der Waals surface area contributed by atoms with Crippen molar-refractivity contribution in [3.05, 3.63) is 0 Å². The number of carbonyl (C=O) groups excluding carboxylic acids is 3. The summed E-state index contributed by atoms with van der Waals surface area (Å²) in [5.74, 6) is -1.54. The van der Waals surface area contributed by atoms with Crippen molar-refractivity contribution in [3.8, 4) is 0 Å². The molecule has 29 heavy (non-hydrogen) atoms. The molecule has 0 aliphatic heterocycles. The Balaban J connectivity index is 5.28. The van der Waals surface area contributed by atoms with E-state index in [1.165, 1.54) is 6.92 Å². The average molecular weight is 414 g/mol. The summed E-state index contributed by atoms with van der Waals surface area (Å²) in [5.41, 5.74) is 11.3. The lowest BCUT2D eigenvalue weighted by Gasteiger charge is -2.26. The maximum Gasteiger partial charge on any atom is 0.226 e. The minimum absolute atomic E-state index is 0.0473. The molecule has 7 heteroatoms. The van der Waals surface area contributed by atoms with E-state index < -0.39 is 24.0 Å². The first-order valence-electron chi connectivity index (χ1n) is 11.1. The van der Waals surface area contributed by atoms with Gasteiger partial charge in [0.05, 0.1) is 18.1 Å². The Morgan fingerprint density at radius 1 is 0.966 bits per heavy atom. The molecule has 0 aliphatic carbocycles. The smallest absolute Gasteiger partial charge is 0.226 e. The van der Waals surface area contributed by atoms with Gasteiger partial charge in [-0.2, -0.15) is 0 Å². The van der Waals surface area contributed by atoms with Gasteiger partial charge in [-0.1, -0.05) is 40.5 Å². The lowest BCUT2D eigenvalue weighted by Crippen LogP contribution is -2.48. The highest BCUT2D eigenvalue weighted by Crippen LogP contribution is 2.25. The van der Waals surface area contributed by atoms with E-state index in [4.69, 9.17) is 11.5 Å². The molecule has 170 valence electrons. The Bertz CT molecular complexity index is 504. The summed E-state index contributed by atoms with van der Waals surface area (Å²) in [6.07, 6.45) is 2.57. The van der Waals surface area contributed by atoms with Crippen molar-refractivity contribution in [3.63, 3.8) is 0 Å². The van der Waals surface area contributed by atoms with Crippen molar-refractivity contribution in [1.29, 1.82) is 0 Å². The normalized spacial score (nSPS) is 15.8. The number of amides is 1. The highest BCUT2D eigenvalue weighted by atomic mass is 16.3. The lowest BCUT2D eigenvalue weighted by molar-refractivity contribution is -0.137. The molecule has 0 saturated carbocycles. The Kier molecular flexibility index (Phi) is 14.0. The number of Topliss-reactive ketones (excluding diaryl/α,β-unsaturated/α-hetero) is 2. The third kappa shape index (κ3) is 9.83. The molecule has 4 atom stereocenters. The predicted octanol–water partition coefficient (Wildman–Crippen LogP) is 1.79. The van der Waals surface area contributed by atoms with Gasteiger partial charge in [0.25, 0.3) is 0 Å². The Morgan fingerprint density at radius 2 is 1.52 bits per heavy atom. The van der Waals surface area contributed by atoms with Crippen LogP contribution in [0.3, 0.4) is 0 Å². The zero-order valence-corrected chi connectivity index (χ0v) is 18.9. The van der Waals surface area contributed by atoms with E-state index in [0.29, 0.717) is 25.3 Å². The SMILES string of the molecule is CCC(CC)CC(CCN)C(=O)C[C@H](C(=O)N[C@@H](CCN)C(=O)C(C)C)C(C)O. The zero-order chi connectivity index (χ0) is 22.6. The number of aliphatic hydroxyl groups excluding tert-OH is 1. The van der Waals surface area contributed by atoms with Crippen LogP contribution in [0.4, 0.5) is 0 Å². The van der Waals surface area contributed by atoms with Crippen molar-refractivity contribution in [1.82, 2.24) is 5.32 Å². The van der Waals surface area contributed by atoms with Gasteiger partial charge in [0.1, 0.15) is 5.78 Å². The van der Waals surface area contributed by atoms with Crippen molar-refractivity contribution in [2.75, 3.05) is 13.1 Å². The molecule has 0 radical (unpaired) electrons. The van der Waals surface area contributed by atoms with Crippen LogP contribution >= 0.6 is 0 Å². The van der Waals surface area contributed by atoms with Crippen LogP contribution in [0.2, 0.25) is 0 Å². The van der Waals surface area contributed by atoms with E-state index in [1.54, 1.807) is 13.8 Å². The number of ketones is 2. The van der Waals surface area contributed by atoms with Crippen molar-refractivity contribution < 1.29 is 19.5 Å². The van der Waals surface area contributed by atoms with Crippen molar-refractivity contribution in [2.45, 2.75) is 85.3 Å². The number of nitrogens with two attached hydrogens (primary N) is 2. The number of hydrogen-bond donors (Lipinski definition) is 4. The Hall–Kier alpha value is -1.31. The third-order valence-corrected chi connectivity index (χ3v) is 5.77. The molecular formula is C22H43N3O4. The largest absolute Gasteiger partial charge is 0.393 e. The quantitative estimate of drug-likeness (QED) is 0.305. The van der Waals surface area contributed by atoms with E-state index in [1.807, 2.05) is 0 Å². The van der Waals surface area contributed by atoms with Crippen LogP contribution in [-0.2, 0) is 14.4 Å². The van der Waals surface area contributed by atoms with E-state index in [0.717, 1.165) is 19.3 Å². The van der Waals surface area contributed by atoms with E-state index in [9.17, 15) is 19.5 Å². The van der Waals surface area contributed by atoms with Gasteiger partial charge in [-0.25, -0.2) is 0 Å². The minimum Gasteiger partial charge on any atom is -0.393 e. The first-order valence-corrected chi connectivity index (χ1v) is 11.1. The fourth-order valence-corrected chi connectivity index (χ4v) is 3.63. The van der Waals surface area contributed by atoms with Gasteiger partial charge in [0, 0.05) is 18.3 Å². The molecule has 0 aliphatic rings. The van der Waals surface area contributed by atoms with Crippen LogP contribution in [0, 0.1) is 23.7 Å². The molecule has 0 bridgehead atoms. The van der Waals surface area contributed by atoms with Gasteiger partial charge in [0.15, 0.2) is 5.78 Å². The average Bonchev–Trinajstić information content (AvgIpc) is 2.67. The summed E-state index contributed by atoms with van der Waals surface area (Å²) >= 11 is 0. The van der Waals surface area contributed by atoms with Crippen LogP contribution in [0.5, 0.6) is 0 Å². The summed E-state index contributed by atoms with van der Waals surface area (Å²) in [7, 11) is 0. The van der Waals surface area contributed by atoms with Crippen LogP contribution in [0.1, 0.15) is 73.1 Å². The van der Waals surface area contributed by atoms with E-state index >= 15 is 0 Å². The fraction of sp³-hybridized carbons (Fsp3) is 0.864. The van der Waals surface area contributed by atoms with E-state index in [-0.39, 0.29) is 36.4 Å². The Labute approximate surface area is 176 Å². The molecule has 0 aromatic carbocycles. The zero-order valence-electron chi connectivity index (χ0n) is 18.9. The second-order valence-corrected chi connectivity index (χ2v) is 8.41. The van der Waals surface area contributed by atoms with Crippen LogP contribution in [0.15, 0.2) is 0 Å². The second-order valence-electron chi connectivity index (χ2n) is 8.41. The first kappa shape index (κ1) is 27.7.